The summed E-state index contributed by atoms with van der Waals surface area (Å²) >= 11 is 0. The summed E-state index contributed by atoms with van der Waals surface area (Å²) in [5, 5.41) is 2.07. The Morgan fingerprint density at radius 2 is 1.90 bits per heavy atom. The van der Waals surface area contributed by atoms with Crippen molar-refractivity contribution in [2.75, 3.05) is 25.2 Å². The van der Waals surface area contributed by atoms with E-state index in [4.69, 9.17) is 0 Å². The van der Waals surface area contributed by atoms with Crippen LogP contribution < -0.4 is 5.32 Å². The van der Waals surface area contributed by atoms with Gasteiger partial charge in [0.1, 0.15) is 5.82 Å². The predicted molar refractivity (Wildman–Crippen MR) is 67.5 cm³/mol. The zero-order valence-electron chi connectivity index (χ0n) is 11.0. The Balaban J connectivity index is 2.87. The molecule has 0 saturated heterocycles. The molecule has 1 aromatic carbocycles. The Labute approximate surface area is 118 Å². The molecule has 0 aliphatic carbocycles. The van der Waals surface area contributed by atoms with Crippen LogP contribution in [0.2, 0.25) is 0 Å². The zero-order valence-corrected chi connectivity index (χ0v) is 11.8. The second kappa shape index (κ2) is 5.98. The van der Waals surface area contributed by atoms with E-state index in [0.29, 0.717) is 12.1 Å². The van der Waals surface area contributed by atoms with Crippen LogP contribution in [0, 0.1) is 5.82 Å². The summed E-state index contributed by atoms with van der Waals surface area (Å²) in [6, 6.07) is 1.95. The van der Waals surface area contributed by atoms with Crippen LogP contribution in [0.15, 0.2) is 18.2 Å². The maximum atomic E-state index is 13.0. The van der Waals surface area contributed by atoms with Crippen LogP contribution in [0.5, 0.6) is 0 Å². The molecule has 118 valence electrons. The lowest BCUT2D eigenvalue weighted by atomic mass is 10.2. The highest BCUT2D eigenvalue weighted by atomic mass is 32.2. The van der Waals surface area contributed by atoms with Gasteiger partial charge < -0.3 is 5.32 Å². The van der Waals surface area contributed by atoms with E-state index in [2.05, 4.69) is 5.32 Å². The van der Waals surface area contributed by atoms with E-state index in [-0.39, 0.29) is 5.69 Å². The first-order valence-corrected chi connectivity index (χ1v) is 7.34. The number of benzene rings is 1. The topological polar surface area (TPSA) is 66.5 Å². The Kier molecular flexibility index (Phi) is 4.95. The molecule has 0 spiro atoms. The van der Waals surface area contributed by atoms with Crippen molar-refractivity contribution < 1.29 is 30.8 Å². The smallest absolute Gasteiger partial charge is 0.325 e. The van der Waals surface area contributed by atoms with Gasteiger partial charge in [-0.25, -0.2) is 12.8 Å². The quantitative estimate of drug-likeness (QED) is 0.855. The molecule has 0 aliphatic heterocycles. The molecule has 1 N–H and O–H groups in total. The Hall–Kier alpha value is -1.68. The number of anilines is 1. The third-order valence-corrected chi connectivity index (χ3v) is 3.75. The number of carbonyl (C=O) groups is 1. The summed E-state index contributed by atoms with van der Waals surface area (Å²) in [4.78, 5) is 11.5. The fourth-order valence-electron chi connectivity index (χ4n) is 1.34. The molecular weight excluding hydrogens is 316 g/mol. The number of nitrogens with one attached hydrogen (secondary N) is 1. The van der Waals surface area contributed by atoms with Crippen molar-refractivity contribution in [1.82, 2.24) is 4.31 Å². The lowest BCUT2D eigenvalue weighted by Crippen LogP contribution is -2.34. The second-order valence-electron chi connectivity index (χ2n) is 4.26. The first-order chi connectivity index (χ1) is 9.41. The standard InChI is InChI=1S/C11H12F4N2O3S/c1-17(21(2,19)20)6-10(18)16-7-3-4-9(12)8(5-7)11(13,14)15/h3-5H,6H2,1-2H3,(H,16,18). The van der Waals surface area contributed by atoms with Crippen LogP contribution in [0.4, 0.5) is 23.2 Å². The molecule has 21 heavy (non-hydrogen) atoms. The number of nitrogens with zero attached hydrogens (tertiary/aromatic N) is 1. The molecule has 5 nitrogen and oxygen atoms in total. The SMILES string of the molecule is CN(CC(=O)Nc1ccc(F)c(C(F)(F)F)c1)S(C)(=O)=O. The highest BCUT2D eigenvalue weighted by molar-refractivity contribution is 7.88. The maximum absolute atomic E-state index is 13.0. The summed E-state index contributed by atoms with van der Waals surface area (Å²) in [6.45, 7) is -0.572. The molecule has 0 atom stereocenters. The van der Waals surface area contributed by atoms with E-state index in [1.807, 2.05) is 0 Å². The van der Waals surface area contributed by atoms with E-state index in [1.54, 1.807) is 0 Å². The number of rotatable bonds is 4. The van der Waals surface area contributed by atoms with Gasteiger partial charge in [0.2, 0.25) is 15.9 Å². The number of halogens is 4. The average molecular weight is 328 g/mol. The Morgan fingerprint density at radius 3 is 2.38 bits per heavy atom. The van der Waals surface area contributed by atoms with Gasteiger partial charge in [0, 0.05) is 12.7 Å². The van der Waals surface area contributed by atoms with Crippen LogP contribution in [-0.2, 0) is 21.0 Å². The van der Waals surface area contributed by atoms with Gasteiger partial charge in [0.05, 0.1) is 18.4 Å². The van der Waals surface area contributed by atoms with Gasteiger partial charge in [-0.1, -0.05) is 0 Å². The Bertz CT molecular complexity index is 643. The minimum atomic E-state index is -4.89. The van der Waals surface area contributed by atoms with Gasteiger partial charge in [-0.05, 0) is 18.2 Å². The van der Waals surface area contributed by atoms with Crippen molar-refractivity contribution >= 4 is 21.6 Å². The molecule has 0 saturated carbocycles. The molecule has 0 heterocycles. The van der Waals surface area contributed by atoms with Crippen molar-refractivity contribution in [3.63, 3.8) is 0 Å². The number of carbonyl (C=O) groups excluding carboxylic acids is 1. The number of sulfonamides is 1. The number of likely N-dealkylation sites (N-methyl/N-ethyl adjacent to an activating group) is 1. The minimum Gasteiger partial charge on any atom is -0.325 e. The highest BCUT2D eigenvalue weighted by Gasteiger charge is 2.34. The van der Waals surface area contributed by atoms with Crippen LogP contribution in [-0.4, -0.2) is 38.5 Å². The minimum absolute atomic E-state index is 0.282. The summed E-state index contributed by atoms with van der Waals surface area (Å²) in [5.74, 6) is -2.31. The van der Waals surface area contributed by atoms with Gasteiger partial charge >= 0.3 is 6.18 Å². The van der Waals surface area contributed by atoms with Crippen molar-refractivity contribution in [1.29, 1.82) is 0 Å². The fraction of sp³-hybridized carbons (Fsp3) is 0.364. The van der Waals surface area contributed by atoms with Gasteiger partial charge in [-0.2, -0.15) is 17.5 Å². The zero-order chi connectivity index (χ0) is 16.4. The van der Waals surface area contributed by atoms with Gasteiger partial charge in [-0.15, -0.1) is 0 Å². The lowest BCUT2D eigenvalue weighted by Gasteiger charge is -2.14. The van der Waals surface area contributed by atoms with E-state index < -0.39 is 40.0 Å². The normalized spacial score (nSPS) is 12.5. The molecule has 0 bridgehead atoms. The van der Waals surface area contributed by atoms with Crippen molar-refractivity contribution in [2.24, 2.45) is 0 Å². The van der Waals surface area contributed by atoms with Gasteiger partial charge in [-0.3, -0.25) is 4.79 Å². The maximum Gasteiger partial charge on any atom is 0.419 e. The van der Waals surface area contributed by atoms with Crippen LogP contribution in [0.3, 0.4) is 0 Å². The molecule has 0 radical (unpaired) electrons. The summed E-state index contributed by atoms with van der Waals surface area (Å²) in [7, 11) is -2.46. The monoisotopic (exact) mass is 328 g/mol. The fourth-order valence-corrected chi connectivity index (χ4v) is 1.69. The van der Waals surface area contributed by atoms with Gasteiger partial charge in [0.15, 0.2) is 0 Å². The molecule has 1 aromatic rings. The van der Waals surface area contributed by atoms with Crippen LogP contribution in [0.1, 0.15) is 5.56 Å². The van der Waals surface area contributed by atoms with E-state index in [1.165, 1.54) is 0 Å². The molecule has 0 unspecified atom stereocenters. The van der Waals surface area contributed by atoms with E-state index in [9.17, 15) is 30.8 Å². The molecular formula is C11H12F4N2O3S. The van der Waals surface area contributed by atoms with Crippen molar-refractivity contribution in [2.45, 2.75) is 6.18 Å². The molecule has 10 heteroatoms. The van der Waals surface area contributed by atoms with Crippen molar-refractivity contribution in [3.05, 3.63) is 29.6 Å². The summed E-state index contributed by atoms with van der Waals surface area (Å²) in [6.07, 6.45) is -4.02. The van der Waals surface area contributed by atoms with Crippen molar-refractivity contribution in [3.8, 4) is 0 Å². The van der Waals surface area contributed by atoms with E-state index >= 15 is 0 Å². The molecule has 0 aromatic heterocycles. The summed E-state index contributed by atoms with van der Waals surface area (Å²) < 4.78 is 73.4. The number of hydrogen-bond acceptors (Lipinski definition) is 3. The highest BCUT2D eigenvalue weighted by Crippen LogP contribution is 2.32. The first kappa shape index (κ1) is 17.4. The Morgan fingerprint density at radius 1 is 1.33 bits per heavy atom. The van der Waals surface area contributed by atoms with Crippen LogP contribution >= 0.6 is 0 Å². The molecule has 0 aliphatic rings. The molecule has 1 amide bonds. The second-order valence-corrected chi connectivity index (χ2v) is 6.35. The predicted octanol–water partition coefficient (Wildman–Crippen LogP) is 1.67. The number of hydrogen-bond donors (Lipinski definition) is 1. The molecule has 0 fully saturated rings. The largest absolute Gasteiger partial charge is 0.419 e. The van der Waals surface area contributed by atoms with Gasteiger partial charge in [0.25, 0.3) is 0 Å². The average Bonchev–Trinajstić information content (AvgIpc) is 2.28. The van der Waals surface area contributed by atoms with Crippen LogP contribution in [0.25, 0.3) is 0 Å². The number of alkyl halides is 3. The first-order valence-electron chi connectivity index (χ1n) is 5.49. The lowest BCUT2D eigenvalue weighted by molar-refractivity contribution is -0.140. The third-order valence-electron chi connectivity index (χ3n) is 2.49. The van der Waals surface area contributed by atoms with E-state index in [0.717, 1.165) is 23.7 Å². The molecule has 1 rings (SSSR count). The third kappa shape index (κ3) is 4.97. The number of amides is 1. The summed E-state index contributed by atoms with van der Waals surface area (Å²) in [5.41, 5.74) is -1.80.